The Morgan fingerprint density at radius 1 is 0.844 bits per heavy atom. The number of nitrogens with one attached hydrogen (secondary N) is 3. The van der Waals surface area contributed by atoms with Crippen LogP contribution in [0, 0.1) is 5.92 Å². The molecule has 0 aromatic heterocycles. The van der Waals surface area contributed by atoms with Crippen LogP contribution in [0.3, 0.4) is 0 Å². The van der Waals surface area contributed by atoms with E-state index in [0.717, 1.165) is 0 Å². The Morgan fingerprint density at radius 3 is 1.84 bits per heavy atom. The van der Waals surface area contributed by atoms with E-state index in [2.05, 4.69) is 16.0 Å². The predicted octanol–water partition coefficient (Wildman–Crippen LogP) is -2.51. The molecule has 4 unspecified atom stereocenters. The van der Waals surface area contributed by atoms with Crippen molar-refractivity contribution in [3.8, 4) is 0 Å². The van der Waals surface area contributed by atoms with Gasteiger partial charge in [0.05, 0.1) is 19.1 Å². The van der Waals surface area contributed by atoms with Crippen LogP contribution in [0.15, 0.2) is 0 Å². The number of aliphatic hydroxyl groups excluding tert-OH is 1. The van der Waals surface area contributed by atoms with Crippen LogP contribution in [0.1, 0.15) is 46.0 Å². The van der Waals surface area contributed by atoms with Gasteiger partial charge in [-0.1, -0.05) is 20.3 Å². The summed E-state index contributed by atoms with van der Waals surface area (Å²) in [6.45, 7) is 3.06. The Hall–Kier alpha value is -2.77. The Bertz CT molecular complexity index is 658. The van der Waals surface area contributed by atoms with E-state index in [-0.39, 0.29) is 18.8 Å². The lowest BCUT2D eigenvalue weighted by molar-refractivity contribution is -0.143. The largest absolute Gasteiger partial charge is 0.481 e. The molecule has 0 spiro atoms. The highest BCUT2D eigenvalue weighted by Crippen LogP contribution is 2.06. The van der Waals surface area contributed by atoms with Crippen molar-refractivity contribution in [1.82, 2.24) is 16.0 Å². The molecule has 0 heterocycles. The molecule has 4 atom stereocenters. The number of carbonyl (C=O) groups is 5. The van der Waals surface area contributed by atoms with Crippen LogP contribution in [0.4, 0.5) is 0 Å². The number of nitrogens with two attached hydrogens (primary N) is 2. The normalized spacial score (nSPS) is 14.7. The maximum atomic E-state index is 12.5. The third-order valence-electron chi connectivity index (χ3n) is 4.45. The first-order chi connectivity index (χ1) is 14.9. The Morgan fingerprint density at radius 2 is 1.38 bits per heavy atom. The smallest absolute Gasteiger partial charge is 0.326 e. The Kier molecular flexibility index (Phi) is 13.8. The monoisotopic (exact) mass is 461 g/mol. The second-order valence-corrected chi connectivity index (χ2v) is 7.82. The third kappa shape index (κ3) is 11.6. The summed E-state index contributed by atoms with van der Waals surface area (Å²) in [5.74, 6) is -5.49. The number of hydrogen-bond acceptors (Lipinski definition) is 8. The summed E-state index contributed by atoms with van der Waals surface area (Å²) in [6, 6.07) is -5.35. The zero-order valence-electron chi connectivity index (χ0n) is 18.4. The Labute approximate surface area is 186 Å². The fourth-order valence-electron chi connectivity index (χ4n) is 2.73. The van der Waals surface area contributed by atoms with E-state index in [4.69, 9.17) is 16.6 Å². The van der Waals surface area contributed by atoms with Gasteiger partial charge in [-0.15, -0.1) is 0 Å². The van der Waals surface area contributed by atoms with Crippen molar-refractivity contribution < 1.29 is 39.3 Å². The van der Waals surface area contributed by atoms with E-state index < -0.39 is 66.9 Å². The van der Waals surface area contributed by atoms with E-state index in [1.165, 1.54) is 0 Å². The van der Waals surface area contributed by atoms with Crippen molar-refractivity contribution in [2.24, 2.45) is 17.4 Å². The molecule has 0 aliphatic rings. The predicted molar refractivity (Wildman–Crippen MR) is 113 cm³/mol. The molecule has 0 aliphatic heterocycles. The summed E-state index contributed by atoms with van der Waals surface area (Å²) in [5, 5.41) is 34.3. The molecule has 0 aromatic rings. The molecule has 32 heavy (non-hydrogen) atoms. The van der Waals surface area contributed by atoms with Gasteiger partial charge in [-0.05, 0) is 31.7 Å². The lowest BCUT2D eigenvalue weighted by Gasteiger charge is -2.24. The van der Waals surface area contributed by atoms with Crippen molar-refractivity contribution in [3.05, 3.63) is 0 Å². The van der Waals surface area contributed by atoms with Crippen LogP contribution in [0.25, 0.3) is 0 Å². The summed E-state index contributed by atoms with van der Waals surface area (Å²) >= 11 is 0. The fraction of sp³-hybridized carbons (Fsp3) is 0.737. The van der Waals surface area contributed by atoms with Gasteiger partial charge in [0.25, 0.3) is 0 Å². The van der Waals surface area contributed by atoms with Crippen molar-refractivity contribution in [2.45, 2.75) is 70.1 Å². The first kappa shape index (κ1) is 29.2. The molecule has 184 valence electrons. The van der Waals surface area contributed by atoms with Crippen LogP contribution in [-0.2, 0) is 24.0 Å². The lowest BCUT2D eigenvalue weighted by Crippen LogP contribution is -2.58. The third-order valence-corrected chi connectivity index (χ3v) is 4.45. The highest BCUT2D eigenvalue weighted by atomic mass is 16.4. The van der Waals surface area contributed by atoms with E-state index in [0.29, 0.717) is 19.4 Å². The van der Waals surface area contributed by atoms with Crippen LogP contribution in [0.2, 0.25) is 0 Å². The highest BCUT2D eigenvalue weighted by molar-refractivity contribution is 5.95. The van der Waals surface area contributed by atoms with Crippen LogP contribution in [0.5, 0.6) is 0 Å². The lowest BCUT2D eigenvalue weighted by atomic mass is 10.0. The van der Waals surface area contributed by atoms with Gasteiger partial charge in [-0.2, -0.15) is 0 Å². The fourth-order valence-corrected chi connectivity index (χ4v) is 2.73. The quantitative estimate of drug-likeness (QED) is 0.112. The standard InChI is InChI=1S/C19H35N5O8/c1-10(2)7-13(19(31)32)23-18(30)14(9-25)24-17(29)12(8-15(26)27)22-16(28)11(21)5-3-4-6-20/h10-14,25H,3-9,20-21H2,1-2H3,(H,22,28)(H,23,30)(H,24,29)(H,26,27)(H,31,32). The zero-order chi connectivity index (χ0) is 24.8. The summed E-state index contributed by atoms with van der Waals surface area (Å²) in [7, 11) is 0. The SMILES string of the molecule is CC(C)CC(NC(=O)C(CO)NC(=O)C(CC(=O)O)NC(=O)C(N)CCCCN)C(=O)O. The average molecular weight is 462 g/mol. The molecular formula is C19H35N5O8. The minimum atomic E-state index is -1.56. The first-order valence-electron chi connectivity index (χ1n) is 10.3. The summed E-state index contributed by atoms with van der Waals surface area (Å²) in [5.41, 5.74) is 11.1. The molecule has 0 aliphatic carbocycles. The van der Waals surface area contributed by atoms with Gasteiger partial charge in [-0.3, -0.25) is 19.2 Å². The number of hydrogen-bond donors (Lipinski definition) is 8. The number of carboxylic acids is 2. The molecule has 0 bridgehead atoms. The van der Waals surface area contributed by atoms with Gasteiger partial charge in [0.1, 0.15) is 18.1 Å². The van der Waals surface area contributed by atoms with Crippen molar-refractivity contribution in [3.63, 3.8) is 0 Å². The van der Waals surface area contributed by atoms with E-state index in [1.54, 1.807) is 13.8 Å². The molecule has 0 aromatic carbocycles. The number of carbonyl (C=O) groups excluding carboxylic acids is 3. The van der Waals surface area contributed by atoms with Crippen LogP contribution in [-0.4, -0.2) is 82.3 Å². The number of rotatable bonds is 16. The van der Waals surface area contributed by atoms with Crippen molar-refractivity contribution in [2.75, 3.05) is 13.2 Å². The number of carboxylic acid groups (broad SMARTS) is 2. The van der Waals surface area contributed by atoms with Gasteiger partial charge in [0.15, 0.2) is 0 Å². The maximum Gasteiger partial charge on any atom is 0.326 e. The molecule has 13 heteroatoms. The molecule has 0 saturated heterocycles. The minimum absolute atomic E-state index is 0.0530. The topological polar surface area (TPSA) is 234 Å². The van der Waals surface area contributed by atoms with Crippen LogP contribution >= 0.6 is 0 Å². The minimum Gasteiger partial charge on any atom is -0.481 e. The second-order valence-electron chi connectivity index (χ2n) is 7.82. The molecule has 0 saturated carbocycles. The highest BCUT2D eigenvalue weighted by Gasteiger charge is 2.31. The zero-order valence-corrected chi connectivity index (χ0v) is 18.4. The van der Waals surface area contributed by atoms with E-state index in [1.807, 2.05) is 0 Å². The molecule has 3 amide bonds. The summed E-state index contributed by atoms with van der Waals surface area (Å²) in [4.78, 5) is 59.5. The molecule has 10 N–H and O–H groups in total. The Balaban J connectivity index is 5.18. The van der Waals surface area contributed by atoms with Crippen molar-refractivity contribution in [1.29, 1.82) is 0 Å². The van der Waals surface area contributed by atoms with Crippen molar-refractivity contribution >= 4 is 29.7 Å². The molecule has 13 nitrogen and oxygen atoms in total. The molecule has 0 rings (SSSR count). The summed E-state index contributed by atoms with van der Waals surface area (Å²) < 4.78 is 0. The van der Waals surface area contributed by atoms with Gasteiger partial charge >= 0.3 is 11.9 Å². The van der Waals surface area contributed by atoms with E-state index >= 15 is 0 Å². The molecule has 0 radical (unpaired) electrons. The van der Waals surface area contributed by atoms with E-state index in [9.17, 15) is 34.2 Å². The number of unbranched alkanes of at least 4 members (excludes halogenated alkanes) is 1. The maximum absolute atomic E-state index is 12.5. The van der Waals surface area contributed by atoms with Gasteiger partial charge in [-0.25, -0.2) is 4.79 Å². The van der Waals surface area contributed by atoms with Gasteiger partial charge in [0, 0.05) is 0 Å². The van der Waals surface area contributed by atoms with Gasteiger partial charge in [0.2, 0.25) is 17.7 Å². The number of aliphatic carboxylic acids is 2. The molecule has 0 fully saturated rings. The number of amides is 3. The molecular weight excluding hydrogens is 426 g/mol. The first-order valence-corrected chi connectivity index (χ1v) is 10.3. The van der Waals surface area contributed by atoms with Crippen LogP contribution < -0.4 is 27.4 Å². The summed E-state index contributed by atoms with van der Waals surface area (Å²) in [6.07, 6.45) is 0.805. The number of aliphatic hydroxyl groups is 1. The second kappa shape index (κ2) is 15.1. The van der Waals surface area contributed by atoms with Gasteiger partial charge < -0.3 is 42.7 Å². The average Bonchev–Trinajstić information content (AvgIpc) is 2.69.